The number of anilines is 1. The van der Waals surface area contributed by atoms with Gasteiger partial charge in [0.25, 0.3) is 10.0 Å². The minimum absolute atomic E-state index is 0.128. The first kappa shape index (κ1) is 13.3. The van der Waals surface area contributed by atoms with Gasteiger partial charge in [0, 0.05) is 6.54 Å². The number of para-hydroxylation sites is 1. The van der Waals surface area contributed by atoms with Crippen molar-refractivity contribution in [3.8, 4) is 0 Å². The van der Waals surface area contributed by atoms with Crippen molar-refractivity contribution < 1.29 is 13.0 Å². The third-order valence-corrected chi connectivity index (χ3v) is 5.73. The van der Waals surface area contributed by atoms with Gasteiger partial charge in [0.05, 0.1) is 5.69 Å². The maximum Gasteiger partial charge on any atom is 0.266 e. The van der Waals surface area contributed by atoms with Gasteiger partial charge in [-0.3, -0.25) is 4.31 Å². The molecule has 0 unspecified atom stereocenters. The van der Waals surface area contributed by atoms with Crippen LogP contribution in [0.5, 0.6) is 0 Å². The van der Waals surface area contributed by atoms with E-state index in [9.17, 15) is 8.42 Å². The van der Waals surface area contributed by atoms with Crippen molar-refractivity contribution in [3.63, 3.8) is 0 Å². The van der Waals surface area contributed by atoms with Crippen LogP contribution in [0.2, 0.25) is 0 Å². The number of benzene rings is 2. The Morgan fingerprint density at radius 3 is 2.82 bits per heavy atom. The molecule has 0 aliphatic carbocycles. The van der Waals surface area contributed by atoms with Gasteiger partial charge in [-0.25, -0.2) is 13.0 Å². The number of hydrogen-bond acceptors (Lipinski definition) is 5. The number of nitrogens with zero attached hydrogens (tertiary/aromatic N) is 3. The Morgan fingerprint density at radius 1 is 1.05 bits per heavy atom. The molecule has 2 heterocycles. The van der Waals surface area contributed by atoms with Crippen molar-refractivity contribution in [2.24, 2.45) is 0 Å². The van der Waals surface area contributed by atoms with Gasteiger partial charge >= 0.3 is 0 Å². The summed E-state index contributed by atoms with van der Waals surface area (Å²) in [5.41, 5.74) is 2.49. The monoisotopic (exact) mass is 315 g/mol. The fraction of sp³-hybridized carbons (Fsp3) is 0.200. The Balaban J connectivity index is 1.91. The summed E-state index contributed by atoms with van der Waals surface area (Å²) in [6.45, 7) is 0.459. The Labute approximate surface area is 127 Å². The zero-order chi connectivity index (χ0) is 15.2. The molecule has 1 aliphatic rings. The maximum atomic E-state index is 13.1. The van der Waals surface area contributed by atoms with E-state index in [0.717, 1.165) is 24.1 Å². The second-order valence-corrected chi connectivity index (χ2v) is 7.03. The summed E-state index contributed by atoms with van der Waals surface area (Å²) in [5, 5.41) is 7.46. The van der Waals surface area contributed by atoms with Crippen LogP contribution in [0.4, 0.5) is 5.69 Å². The minimum atomic E-state index is -3.70. The lowest BCUT2D eigenvalue weighted by Gasteiger charge is -2.30. The smallest absolute Gasteiger partial charge is 0.266 e. The molecule has 0 bridgehead atoms. The van der Waals surface area contributed by atoms with Gasteiger partial charge in [-0.15, -0.1) is 0 Å². The van der Waals surface area contributed by atoms with Crippen LogP contribution in [-0.2, 0) is 16.4 Å². The van der Waals surface area contributed by atoms with Crippen LogP contribution in [0.15, 0.2) is 52.0 Å². The van der Waals surface area contributed by atoms with Gasteiger partial charge in [0.1, 0.15) is 10.4 Å². The second-order valence-electron chi connectivity index (χ2n) is 5.20. The second kappa shape index (κ2) is 4.81. The highest BCUT2D eigenvalue weighted by Gasteiger charge is 2.31. The molecule has 6 nitrogen and oxygen atoms in total. The molecule has 3 aromatic rings. The lowest BCUT2D eigenvalue weighted by molar-refractivity contribution is 0.315. The summed E-state index contributed by atoms with van der Waals surface area (Å²) < 4.78 is 32.3. The Hall–Kier alpha value is -2.41. The van der Waals surface area contributed by atoms with Crippen LogP contribution >= 0.6 is 0 Å². The molecular weight excluding hydrogens is 302 g/mol. The van der Waals surface area contributed by atoms with Crippen molar-refractivity contribution >= 4 is 26.7 Å². The van der Waals surface area contributed by atoms with Crippen LogP contribution in [-0.4, -0.2) is 25.3 Å². The van der Waals surface area contributed by atoms with E-state index in [2.05, 4.69) is 14.9 Å². The van der Waals surface area contributed by atoms with Crippen LogP contribution in [0.1, 0.15) is 12.0 Å². The van der Waals surface area contributed by atoms with E-state index in [0.29, 0.717) is 12.1 Å². The van der Waals surface area contributed by atoms with Crippen LogP contribution in [0.25, 0.3) is 11.0 Å². The Kier molecular flexibility index (Phi) is 2.90. The molecule has 1 aliphatic heterocycles. The lowest BCUT2D eigenvalue weighted by atomic mass is 10.0. The van der Waals surface area contributed by atoms with Crippen molar-refractivity contribution in [1.82, 2.24) is 10.3 Å². The molecule has 0 radical (unpaired) electrons. The van der Waals surface area contributed by atoms with Crippen LogP contribution in [0, 0.1) is 0 Å². The zero-order valence-electron chi connectivity index (χ0n) is 11.6. The molecule has 112 valence electrons. The normalized spacial score (nSPS) is 15.0. The summed E-state index contributed by atoms with van der Waals surface area (Å²) in [6, 6.07) is 12.5. The van der Waals surface area contributed by atoms with Crippen molar-refractivity contribution in [1.29, 1.82) is 0 Å². The Bertz CT molecular complexity index is 949. The molecule has 0 spiro atoms. The van der Waals surface area contributed by atoms with Crippen molar-refractivity contribution in [3.05, 3.63) is 48.0 Å². The lowest BCUT2D eigenvalue weighted by Crippen LogP contribution is -2.35. The van der Waals surface area contributed by atoms with E-state index in [1.165, 1.54) is 4.31 Å². The molecule has 1 aromatic heterocycles. The Morgan fingerprint density at radius 2 is 1.91 bits per heavy atom. The molecule has 0 saturated carbocycles. The standard InChI is InChI=1S/C15H13N3O3S/c19-22(20,14-9-3-7-12-15(14)17-21-16-12)18-10-4-6-11-5-1-2-8-13(11)18/h1-3,5,7-9H,4,6,10H2. The summed E-state index contributed by atoms with van der Waals surface area (Å²) in [5.74, 6) is 0. The number of sulfonamides is 1. The molecule has 2 aromatic carbocycles. The highest BCUT2D eigenvalue weighted by atomic mass is 32.2. The first-order valence-electron chi connectivity index (χ1n) is 7.00. The van der Waals surface area contributed by atoms with E-state index >= 15 is 0 Å². The molecule has 22 heavy (non-hydrogen) atoms. The van der Waals surface area contributed by atoms with Gasteiger partial charge in [-0.1, -0.05) is 24.3 Å². The highest BCUT2D eigenvalue weighted by molar-refractivity contribution is 7.93. The summed E-state index contributed by atoms with van der Waals surface area (Å²) in [4.78, 5) is 0.128. The predicted octanol–water partition coefficient (Wildman–Crippen LogP) is 2.36. The van der Waals surface area contributed by atoms with Crippen LogP contribution in [0.3, 0.4) is 0 Å². The molecule has 0 fully saturated rings. The first-order valence-corrected chi connectivity index (χ1v) is 8.44. The molecule has 7 heteroatoms. The van der Waals surface area contributed by atoms with Crippen LogP contribution < -0.4 is 4.31 Å². The van der Waals surface area contributed by atoms with E-state index < -0.39 is 10.0 Å². The van der Waals surface area contributed by atoms with E-state index in [4.69, 9.17) is 0 Å². The fourth-order valence-electron chi connectivity index (χ4n) is 2.86. The molecule has 0 saturated heterocycles. The van der Waals surface area contributed by atoms with Gasteiger partial charge < -0.3 is 0 Å². The number of fused-ring (bicyclic) bond motifs is 2. The summed E-state index contributed by atoms with van der Waals surface area (Å²) in [7, 11) is -3.70. The molecular formula is C15H13N3O3S. The zero-order valence-corrected chi connectivity index (χ0v) is 12.5. The third kappa shape index (κ3) is 1.89. The SMILES string of the molecule is O=S(=O)(c1cccc2nonc12)N1CCCc2ccccc21. The quantitative estimate of drug-likeness (QED) is 0.725. The van der Waals surface area contributed by atoms with Gasteiger partial charge in [-0.05, 0) is 46.9 Å². The maximum absolute atomic E-state index is 13.1. The largest absolute Gasteiger partial charge is 0.266 e. The molecule has 0 atom stereocenters. The number of aryl methyl sites for hydroxylation is 1. The summed E-state index contributed by atoms with van der Waals surface area (Å²) >= 11 is 0. The minimum Gasteiger partial charge on any atom is -0.266 e. The summed E-state index contributed by atoms with van der Waals surface area (Å²) in [6.07, 6.45) is 1.68. The number of aromatic nitrogens is 2. The number of hydrogen-bond donors (Lipinski definition) is 0. The van der Waals surface area contributed by atoms with E-state index in [1.54, 1.807) is 18.2 Å². The molecule has 4 rings (SSSR count). The first-order chi connectivity index (χ1) is 10.7. The topological polar surface area (TPSA) is 76.3 Å². The average molecular weight is 315 g/mol. The van der Waals surface area contributed by atoms with Crippen molar-refractivity contribution in [2.45, 2.75) is 17.7 Å². The predicted molar refractivity (Wildman–Crippen MR) is 81.1 cm³/mol. The number of rotatable bonds is 2. The molecule has 0 amide bonds. The van der Waals surface area contributed by atoms with Crippen molar-refractivity contribution in [2.75, 3.05) is 10.8 Å². The van der Waals surface area contributed by atoms with Gasteiger partial charge in [0.15, 0.2) is 5.52 Å². The third-order valence-electron chi connectivity index (χ3n) is 3.88. The average Bonchev–Trinajstić information content (AvgIpc) is 3.02. The van der Waals surface area contributed by atoms with Gasteiger partial charge in [0.2, 0.25) is 0 Å². The van der Waals surface area contributed by atoms with E-state index in [1.807, 2.05) is 24.3 Å². The highest BCUT2D eigenvalue weighted by Crippen LogP contribution is 2.33. The molecule has 0 N–H and O–H groups in total. The van der Waals surface area contributed by atoms with E-state index in [-0.39, 0.29) is 10.4 Å². The fourth-order valence-corrected chi connectivity index (χ4v) is 4.54. The van der Waals surface area contributed by atoms with Gasteiger partial charge in [-0.2, -0.15) is 0 Å².